The van der Waals surface area contributed by atoms with Crippen LogP contribution in [0.15, 0.2) is 24.3 Å². The Morgan fingerprint density at radius 3 is 2.37 bits per heavy atom. The van der Waals surface area contributed by atoms with E-state index in [0.29, 0.717) is 5.75 Å². The van der Waals surface area contributed by atoms with Gasteiger partial charge >= 0.3 is 29.6 Å². The molecule has 6 nitrogen and oxygen atoms in total. The van der Waals surface area contributed by atoms with Crippen LogP contribution in [0.1, 0.15) is 24.7 Å². The van der Waals surface area contributed by atoms with Crippen molar-refractivity contribution in [1.82, 2.24) is 5.73 Å². The smallest absolute Gasteiger partial charge is 0.747 e. The van der Waals surface area contributed by atoms with Crippen molar-refractivity contribution in [3.63, 3.8) is 0 Å². The second-order valence-corrected chi connectivity index (χ2v) is 5.43. The van der Waals surface area contributed by atoms with Crippen molar-refractivity contribution in [2.24, 2.45) is 0 Å². The first-order valence-electron chi connectivity index (χ1n) is 5.18. The number of nitrogens with one attached hydrogen (secondary N) is 1. The van der Waals surface area contributed by atoms with Gasteiger partial charge in [-0.25, -0.2) is 8.42 Å². The third-order valence-corrected chi connectivity index (χ3v) is 3.12. The van der Waals surface area contributed by atoms with Crippen LogP contribution in [-0.2, 0) is 14.9 Å². The Balaban J connectivity index is 0.00000324. The van der Waals surface area contributed by atoms with Crippen LogP contribution in [0.3, 0.4) is 0 Å². The molecular formula is C11H13NNaO5S. The van der Waals surface area contributed by atoms with Crippen molar-refractivity contribution >= 4 is 16.0 Å². The molecule has 0 bridgehead atoms. The maximum atomic E-state index is 11.0. The summed E-state index contributed by atoms with van der Waals surface area (Å²) in [5.74, 6) is -1.11. The quantitative estimate of drug-likeness (QED) is 0.455. The number of ether oxygens (including phenoxy) is 1. The fourth-order valence-electron chi connectivity index (χ4n) is 1.47. The molecule has 1 aromatic rings. The van der Waals surface area contributed by atoms with Gasteiger partial charge in [0.2, 0.25) is 0 Å². The van der Waals surface area contributed by atoms with Gasteiger partial charge in [-0.05, 0) is 31.5 Å². The van der Waals surface area contributed by atoms with Crippen molar-refractivity contribution in [3.05, 3.63) is 29.8 Å². The fraction of sp³-hybridized carbons (Fsp3) is 0.364. The average molecular weight is 294 g/mol. The summed E-state index contributed by atoms with van der Waals surface area (Å²) in [7, 11) is -4.91. The van der Waals surface area contributed by atoms with Gasteiger partial charge in [0.05, 0.1) is 6.10 Å². The van der Waals surface area contributed by atoms with Gasteiger partial charge in [-0.1, -0.05) is 12.1 Å². The molecule has 1 amide bonds. The van der Waals surface area contributed by atoms with Crippen LogP contribution in [0.2, 0.25) is 0 Å². The molecule has 1 N–H and O–H groups in total. The number of hydrogen-bond donors (Lipinski definition) is 0. The predicted octanol–water partition coefficient (Wildman–Crippen LogP) is -2.13. The van der Waals surface area contributed by atoms with Gasteiger partial charge in [0.25, 0.3) is 5.91 Å². The molecule has 1 rings (SSSR count). The Bertz CT molecular complexity index is 544. The molecule has 0 aliphatic carbocycles. The maximum absolute atomic E-state index is 11.0. The normalized spacial score (nSPS) is 12.6. The van der Waals surface area contributed by atoms with E-state index in [1.54, 1.807) is 19.9 Å². The second-order valence-electron chi connectivity index (χ2n) is 3.98. The molecule has 1 radical (unpaired) electrons. The Kier molecular flexibility index (Phi) is 7.02. The third-order valence-electron chi connectivity index (χ3n) is 2.06. The number of amides is 1. The molecule has 0 aliphatic heterocycles. The Hall–Kier alpha value is -0.600. The largest absolute Gasteiger partial charge is 1.00 e. The monoisotopic (exact) mass is 294 g/mol. The van der Waals surface area contributed by atoms with Crippen molar-refractivity contribution < 1.29 is 52.1 Å². The summed E-state index contributed by atoms with van der Waals surface area (Å²) in [5, 5.41) is -2.01. The van der Waals surface area contributed by atoms with Crippen molar-refractivity contribution in [2.75, 3.05) is 0 Å². The summed E-state index contributed by atoms with van der Waals surface area (Å²) in [6.07, 6.45) is -0.130. The van der Waals surface area contributed by atoms with Crippen LogP contribution in [0.4, 0.5) is 0 Å². The molecule has 0 saturated heterocycles. The number of hydrogen-bond acceptors (Lipinski definition) is 5. The number of carbonyl (C=O) groups is 1. The van der Waals surface area contributed by atoms with Gasteiger partial charge in [0.15, 0.2) is 5.25 Å². The van der Waals surface area contributed by atoms with Crippen molar-refractivity contribution in [2.45, 2.75) is 25.2 Å². The van der Waals surface area contributed by atoms with E-state index in [0.717, 1.165) is 0 Å². The minimum atomic E-state index is -4.91. The molecule has 0 spiro atoms. The number of benzene rings is 1. The molecule has 1 unspecified atom stereocenters. The van der Waals surface area contributed by atoms with Gasteiger partial charge in [-0.2, -0.15) is 0 Å². The zero-order valence-corrected chi connectivity index (χ0v) is 13.7. The van der Waals surface area contributed by atoms with Gasteiger partial charge in [-0.15, -0.1) is 0 Å². The summed E-state index contributed by atoms with van der Waals surface area (Å²) >= 11 is 0. The molecule has 19 heavy (non-hydrogen) atoms. The molecule has 0 saturated carbocycles. The van der Waals surface area contributed by atoms with E-state index in [9.17, 15) is 17.8 Å². The fourth-order valence-corrected chi connectivity index (χ4v) is 2.21. The molecule has 0 fully saturated rings. The molecule has 1 aromatic carbocycles. The Morgan fingerprint density at radius 1 is 1.37 bits per heavy atom. The topological polar surface area (TPSA) is 107 Å². The van der Waals surface area contributed by atoms with Crippen LogP contribution < -0.4 is 40.0 Å². The van der Waals surface area contributed by atoms with E-state index in [1.165, 1.54) is 18.2 Å². The number of carbonyl (C=O) groups excluding carboxylic acids is 1. The molecule has 1 atom stereocenters. The van der Waals surface area contributed by atoms with E-state index >= 15 is 0 Å². The van der Waals surface area contributed by atoms with E-state index in [4.69, 9.17) is 10.5 Å². The van der Waals surface area contributed by atoms with E-state index in [-0.39, 0.29) is 41.2 Å². The SMILES string of the molecule is CC(C)Oc1cccc(C(C([NH])=O)S(=O)(=O)[O-])c1.[Na+]. The Labute approximate surface area is 134 Å². The minimum Gasteiger partial charge on any atom is -0.747 e. The van der Waals surface area contributed by atoms with Gasteiger partial charge in [0.1, 0.15) is 15.9 Å². The van der Waals surface area contributed by atoms with Crippen molar-refractivity contribution in [3.8, 4) is 5.75 Å². The van der Waals surface area contributed by atoms with E-state index in [2.05, 4.69) is 0 Å². The average Bonchev–Trinajstić information content (AvgIpc) is 2.13. The van der Waals surface area contributed by atoms with E-state index < -0.39 is 21.3 Å². The third kappa shape index (κ3) is 5.50. The van der Waals surface area contributed by atoms with Gasteiger partial charge in [0, 0.05) is 0 Å². The van der Waals surface area contributed by atoms with Gasteiger partial charge in [-0.3, -0.25) is 10.5 Å². The van der Waals surface area contributed by atoms with Gasteiger partial charge < -0.3 is 9.29 Å². The molecular weight excluding hydrogens is 281 g/mol. The molecule has 99 valence electrons. The summed E-state index contributed by atoms with van der Waals surface area (Å²) < 4.78 is 38.2. The standard InChI is InChI=1S/C11H14NO5S.Na/c1-7(2)17-9-5-3-4-8(6-9)10(11(12)13)18(14,15)16;/h3-7,10,12H,1-2H3,(H,14,15,16);/q;+1/p-1. The molecule has 0 aliphatic rings. The minimum absolute atomic E-state index is 0. The first-order valence-corrected chi connectivity index (χ1v) is 6.65. The van der Waals surface area contributed by atoms with Crippen LogP contribution >= 0.6 is 0 Å². The first kappa shape index (κ1) is 18.4. The van der Waals surface area contributed by atoms with Crippen LogP contribution in [0.25, 0.3) is 0 Å². The molecule has 0 heterocycles. The maximum Gasteiger partial charge on any atom is 1.00 e. The van der Waals surface area contributed by atoms with Crippen LogP contribution in [0.5, 0.6) is 5.75 Å². The summed E-state index contributed by atoms with van der Waals surface area (Å²) in [6.45, 7) is 3.56. The van der Waals surface area contributed by atoms with E-state index in [1.807, 2.05) is 0 Å². The zero-order chi connectivity index (χ0) is 13.9. The summed E-state index contributed by atoms with van der Waals surface area (Å²) in [4.78, 5) is 11.0. The summed E-state index contributed by atoms with van der Waals surface area (Å²) in [6, 6.07) is 5.63. The number of rotatable bonds is 5. The molecule has 8 heteroatoms. The predicted molar refractivity (Wildman–Crippen MR) is 62.7 cm³/mol. The van der Waals surface area contributed by atoms with Crippen molar-refractivity contribution in [1.29, 1.82) is 0 Å². The van der Waals surface area contributed by atoms with Crippen LogP contribution in [0, 0.1) is 0 Å². The summed E-state index contributed by atoms with van der Waals surface area (Å²) in [5.41, 5.74) is 6.83. The zero-order valence-electron chi connectivity index (χ0n) is 10.9. The second kappa shape index (κ2) is 7.25. The first-order chi connectivity index (χ1) is 8.21. The Morgan fingerprint density at radius 2 is 1.95 bits per heavy atom. The molecule has 0 aromatic heterocycles. The van der Waals surface area contributed by atoms with Crippen LogP contribution in [-0.4, -0.2) is 25.0 Å².